The Morgan fingerprint density at radius 3 is 2.53 bits per heavy atom. The first-order valence-corrected chi connectivity index (χ1v) is 7.67. The molecule has 0 atom stereocenters. The second kappa shape index (κ2) is 7.36. The van der Waals surface area contributed by atoms with E-state index in [0.717, 1.165) is 35.9 Å². The first-order valence-electron chi connectivity index (χ1n) is 6.85. The van der Waals surface area contributed by atoms with Gasteiger partial charge >= 0.3 is 0 Å². The maximum Gasteiger partial charge on any atom is 0.121 e. The van der Waals surface area contributed by atoms with E-state index in [4.69, 9.17) is 0 Å². The van der Waals surface area contributed by atoms with Gasteiger partial charge in [0.1, 0.15) is 10.0 Å². The highest BCUT2D eigenvalue weighted by Crippen LogP contribution is 2.15. The number of hydrogen-bond donors (Lipinski definition) is 1. The van der Waals surface area contributed by atoms with E-state index in [-0.39, 0.29) is 0 Å². The number of rotatable bonds is 7. The molecule has 0 bridgehead atoms. The molecule has 102 valence electrons. The van der Waals surface area contributed by atoms with Crippen LogP contribution in [0.3, 0.4) is 0 Å². The molecule has 4 heteroatoms. The highest BCUT2D eigenvalue weighted by atomic mass is 32.1. The minimum absolute atomic E-state index is 0.889. The summed E-state index contributed by atoms with van der Waals surface area (Å²) in [6.45, 7) is 6.36. The highest BCUT2D eigenvalue weighted by molar-refractivity contribution is 7.11. The van der Waals surface area contributed by atoms with E-state index in [1.807, 2.05) is 0 Å². The van der Waals surface area contributed by atoms with Crippen LogP contribution in [0.2, 0.25) is 0 Å². The normalized spacial score (nSPS) is 10.8. The third-order valence-electron chi connectivity index (χ3n) is 2.93. The van der Waals surface area contributed by atoms with Gasteiger partial charge in [0, 0.05) is 19.4 Å². The predicted octanol–water partition coefficient (Wildman–Crippen LogP) is 2.98. The molecule has 0 amide bonds. The van der Waals surface area contributed by atoms with Crippen LogP contribution in [-0.4, -0.2) is 23.3 Å². The average molecular weight is 275 g/mol. The number of aryl methyl sites for hydroxylation is 1. The zero-order chi connectivity index (χ0) is 13.5. The van der Waals surface area contributed by atoms with Crippen LogP contribution < -0.4 is 5.32 Å². The van der Waals surface area contributed by atoms with E-state index < -0.39 is 0 Å². The van der Waals surface area contributed by atoms with Gasteiger partial charge in [0.05, 0.1) is 0 Å². The molecule has 2 aromatic rings. The van der Waals surface area contributed by atoms with Crippen LogP contribution in [0.4, 0.5) is 0 Å². The summed E-state index contributed by atoms with van der Waals surface area (Å²) in [5.74, 6) is 0. The monoisotopic (exact) mass is 275 g/mol. The van der Waals surface area contributed by atoms with Gasteiger partial charge in [-0.2, -0.15) is 0 Å². The van der Waals surface area contributed by atoms with Crippen LogP contribution >= 0.6 is 11.3 Å². The van der Waals surface area contributed by atoms with Crippen LogP contribution in [0, 0.1) is 6.92 Å². The summed E-state index contributed by atoms with van der Waals surface area (Å²) in [7, 11) is 0. The molecule has 0 fully saturated rings. The fraction of sp³-hybridized carbons (Fsp3) is 0.467. The lowest BCUT2D eigenvalue weighted by atomic mass is 10.1. The number of nitrogens with zero attached hydrogens (tertiary/aromatic N) is 2. The van der Waals surface area contributed by atoms with E-state index in [1.54, 1.807) is 11.3 Å². The summed E-state index contributed by atoms with van der Waals surface area (Å²) in [5.41, 5.74) is 2.60. The minimum atomic E-state index is 0.889. The van der Waals surface area contributed by atoms with Crippen LogP contribution in [0.25, 0.3) is 0 Å². The van der Waals surface area contributed by atoms with Crippen molar-refractivity contribution in [1.82, 2.24) is 15.5 Å². The summed E-state index contributed by atoms with van der Waals surface area (Å²) in [5, 5.41) is 14.2. The van der Waals surface area contributed by atoms with E-state index in [0.29, 0.717) is 0 Å². The molecule has 1 aromatic heterocycles. The fourth-order valence-electron chi connectivity index (χ4n) is 1.84. The Morgan fingerprint density at radius 1 is 1.05 bits per heavy atom. The molecule has 0 aliphatic carbocycles. The first kappa shape index (κ1) is 14.2. The van der Waals surface area contributed by atoms with Crippen molar-refractivity contribution in [3.63, 3.8) is 0 Å². The Balaban J connectivity index is 1.85. The van der Waals surface area contributed by atoms with Crippen molar-refractivity contribution in [1.29, 1.82) is 0 Å². The van der Waals surface area contributed by atoms with Crippen LogP contribution in [0.1, 0.15) is 34.5 Å². The van der Waals surface area contributed by atoms with Gasteiger partial charge in [0.25, 0.3) is 0 Å². The number of nitrogens with one attached hydrogen (secondary N) is 1. The Bertz CT molecular complexity index is 490. The Labute approximate surface area is 119 Å². The average Bonchev–Trinajstić information content (AvgIpc) is 2.85. The van der Waals surface area contributed by atoms with E-state index >= 15 is 0 Å². The van der Waals surface area contributed by atoms with Gasteiger partial charge in [0.15, 0.2) is 0 Å². The van der Waals surface area contributed by atoms with Gasteiger partial charge in [-0.1, -0.05) is 36.8 Å². The molecule has 0 unspecified atom stereocenters. The quantitative estimate of drug-likeness (QED) is 0.789. The first-order chi connectivity index (χ1) is 9.28. The molecule has 0 saturated heterocycles. The SMILES string of the molecule is CCCNCCc1nnc(Cc2ccc(C)cc2)s1. The highest BCUT2D eigenvalue weighted by Gasteiger charge is 2.05. The zero-order valence-electron chi connectivity index (χ0n) is 11.6. The molecule has 0 aliphatic rings. The standard InChI is InChI=1S/C15H21N3S/c1-3-9-16-10-8-14-17-18-15(19-14)11-13-6-4-12(2)5-7-13/h4-7,16H,3,8-11H2,1-2H3. The largest absolute Gasteiger partial charge is 0.316 e. The summed E-state index contributed by atoms with van der Waals surface area (Å²) >= 11 is 1.73. The van der Waals surface area contributed by atoms with Crippen molar-refractivity contribution >= 4 is 11.3 Å². The molecule has 1 aromatic carbocycles. The van der Waals surface area contributed by atoms with Gasteiger partial charge in [-0.15, -0.1) is 21.5 Å². The van der Waals surface area contributed by atoms with Gasteiger partial charge in [0.2, 0.25) is 0 Å². The summed E-state index contributed by atoms with van der Waals surface area (Å²) in [4.78, 5) is 0. The van der Waals surface area contributed by atoms with Crippen molar-refractivity contribution in [3.8, 4) is 0 Å². The lowest BCUT2D eigenvalue weighted by Crippen LogP contribution is -2.17. The lowest BCUT2D eigenvalue weighted by molar-refractivity contribution is 0.667. The maximum absolute atomic E-state index is 4.27. The summed E-state index contributed by atoms with van der Waals surface area (Å²) in [6.07, 6.45) is 3.04. The molecule has 0 aliphatic heterocycles. The van der Waals surface area contributed by atoms with Gasteiger partial charge in [-0.3, -0.25) is 0 Å². The molecule has 3 nitrogen and oxygen atoms in total. The predicted molar refractivity (Wildman–Crippen MR) is 80.8 cm³/mol. The van der Waals surface area contributed by atoms with Crippen molar-refractivity contribution in [2.75, 3.05) is 13.1 Å². The molecular formula is C15H21N3S. The second-order valence-electron chi connectivity index (χ2n) is 4.75. The van der Waals surface area contributed by atoms with Crippen molar-refractivity contribution in [2.24, 2.45) is 0 Å². The molecule has 1 heterocycles. The van der Waals surface area contributed by atoms with Crippen molar-refractivity contribution in [3.05, 3.63) is 45.4 Å². The molecule has 0 saturated carbocycles. The molecule has 0 radical (unpaired) electrons. The fourth-order valence-corrected chi connectivity index (χ4v) is 2.72. The van der Waals surface area contributed by atoms with Crippen LogP contribution in [-0.2, 0) is 12.8 Å². The Hall–Kier alpha value is -1.26. The lowest BCUT2D eigenvalue weighted by Gasteiger charge is -1.99. The number of aromatic nitrogens is 2. The van der Waals surface area contributed by atoms with Gasteiger partial charge < -0.3 is 5.32 Å². The van der Waals surface area contributed by atoms with E-state index in [1.165, 1.54) is 17.5 Å². The van der Waals surface area contributed by atoms with Crippen LogP contribution in [0.5, 0.6) is 0 Å². The number of hydrogen-bond acceptors (Lipinski definition) is 4. The molecular weight excluding hydrogens is 254 g/mol. The smallest absolute Gasteiger partial charge is 0.121 e. The third-order valence-corrected chi connectivity index (χ3v) is 3.91. The third kappa shape index (κ3) is 4.73. The molecule has 0 spiro atoms. The summed E-state index contributed by atoms with van der Waals surface area (Å²) < 4.78 is 0. The Kier molecular flexibility index (Phi) is 5.48. The summed E-state index contributed by atoms with van der Waals surface area (Å²) in [6, 6.07) is 8.62. The van der Waals surface area contributed by atoms with Crippen molar-refractivity contribution in [2.45, 2.75) is 33.1 Å². The molecule has 1 N–H and O–H groups in total. The number of benzene rings is 1. The molecule has 2 rings (SSSR count). The molecule has 19 heavy (non-hydrogen) atoms. The Morgan fingerprint density at radius 2 is 1.79 bits per heavy atom. The van der Waals surface area contributed by atoms with Crippen LogP contribution in [0.15, 0.2) is 24.3 Å². The van der Waals surface area contributed by atoms with E-state index in [9.17, 15) is 0 Å². The van der Waals surface area contributed by atoms with Gasteiger partial charge in [-0.05, 0) is 25.5 Å². The maximum atomic E-state index is 4.27. The van der Waals surface area contributed by atoms with Gasteiger partial charge in [-0.25, -0.2) is 0 Å². The zero-order valence-corrected chi connectivity index (χ0v) is 12.5. The topological polar surface area (TPSA) is 37.8 Å². The van der Waals surface area contributed by atoms with Crippen molar-refractivity contribution < 1.29 is 0 Å². The second-order valence-corrected chi connectivity index (χ2v) is 5.90. The van der Waals surface area contributed by atoms with E-state index in [2.05, 4.69) is 53.6 Å². The minimum Gasteiger partial charge on any atom is -0.316 e.